The van der Waals surface area contributed by atoms with Crippen molar-refractivity contribution in [2.45, 2.75) is 64.2 Å². The molecule has 2 aromatic heterocycles. The van der Waals surface area contributed by atoms with Crippen molar-refractivity contribution in [3.05, 3.63) is 71.9 Å². The van der Waals surface area contributed by atoms with E-state index in [2.05, 4.69) is 12.2 Å². The number of benzene rings is 1. The molecule has 1 atom stereocenters. The standard InChI is InChI=1S/C27H30FN3O3/c1-18-9-11-20(12-10-18)29-26(33)27(2)17-30-22(24-8-5-15-34-24)13-14-23(30)25(32)31(27)16-19-6-3-4-7-21(19)28/h3-8,13-15,18,20H,9-12,16-17H2,1-2H3,(H,29,33)/t18?,20?,27-/m0/s1. The zero-order valence-electron chi connectivity index (χ0n) is 19.6. The van der Waals surface area contributed by atoms with Crippen LogP contribution in [0.25, 0.3) is 11.5 Å². The minimum absolute atomic E-state index is 0.0123. The van der Waals surface area contributed by atoms with Gasteiger partial charge in [0.25, 0.3) is 5.91 Å². The molecule has 1 aliphatic carbocycles. The van der Waals surface area contributed by atoms with E-state index in [1.54, 1.807) is 43.5 Å². The molecule has 34 heavy (non-hydrogen) atoms. The largest absolute Gasteiger partial charge is 0.463 e. The van der Waals surface area contributed by atoms with Gasteiger partial charge in [0.1, 0.15) is 22.8 Å². The molecule has 0 unspecified atom stereocenters. The van der Waals surface area contributed by atoms with E-state index in [4.69, 9.17) is 4.42 Å². The van der Waals surface area contributed by atoms with Gasteiger partial charge in [-0.25, -0.2) is 4.39 Å². The molecule has 0 bridgehead atoms. The summed E-state index contributed by atoms with van der Waals surface area (Å²) < 4.78 is 22.0. The van der Waals surface area contributed by atoms with E-state index in [1.165, 1.54) is 11.0 Å². The van der Waals surface area contributed by atoms with Crippen molar-refractivity contribution in [1.29, 1.82) is 0 Å². The highest BCUT2D eigenvalue weighted by molar-refractivity contribution is 6.00. The van der Waals surface area contributed by atoms with Gasteiger partial charge in [-0.05, 0) is 68.9 Å². The summed E-state index contributed by atoms with van der Waals surface area (Å²) in [7, 11) is 0. The monoisotopic (exact) mass is 463 g/mol. The summed E-state index contributed by atoms with van der Waals surface area (Å²) in [4.78, 5) is 29.1. The van der Waals surface area contributed by atoms with Crippen molar-refractivity contribution in [3.63, 3.8) is 0 Å². The normalized spacial score (nSPS) is 24.7. The molecule has 1 aliphatic heterocycles. The molecular weight excluding hydrogens is 433 g/mol. The lowest BCUT2D eigenvalue weighted by atomic mass is 9.86. The number of nitrogens with one attached hydrogen (secondary N) is 1. The van der Waals surface area contributed by atoms with Gasteiger partial charge in [-0.1, -0.05) is 25.1 Å². The molecule has 7 heteroatoms. The third-order valence-electron chi connectivity index (χ3n) is 7.41. The number of carbonyl (C=O) groups is 2. The third-order valence-corrected chi connectivity index (χ3v) is 7.41. The lowest BCUT2D eigenvalue weighted by Gasteiger charge is -2.45. The summed E-state index contributed by atoms with van der Waals surface area (Å²) in [5.74, 6) is 0.390. The maximum absolute atomic E-state index is 14.6. The second kappa shape index (κ2) is 8.78. The SMILES string of the molecule is CC1CCC(NC(=O)[C@]2(C)Cn3c(ccc3-c3ccco3)C(=O)N2Cc2ccccc2F)CC1. The number of hydrogen-bond acceptors (Lipinski definition) is 3. The Bertz CT molecular complexity index is 1190. The molecule has 0 saturated heterocycles. The van der Waals surface area contributed by atoms with Crippen molar-refractivity contribution >= 4 is 11.8 Å². The van der Waals surface area contributed by atoms with Gasteiger partial charge in [0.15, 0.2) is 0 Å². The van der Waals surface area contributed by atoms with Crippen LogP contribution in [0, 0.1) is 11.7 Å². The average molecular weight is 464 g/mol. The fraction of sp³-hybridized carbons (Fsp3) is 0.407. The van der Waals surface area contributed by atoms with Crippen LogP contribution < -0.4 is 5.32 Å². The number of hydrogen-bond donors (Lipinski definition) is 1. The number of nitrogens with zero attached hydrogens (tertiary/aromatic N) is 2. The van der Waals surface area contributed by atoms with Gasteiger partial charge in [-0.3, -0.25) is 9.59 Å². The van der Waals surface area contributed by atoms with Crippen LogP contribution in [0.2, 0.25) is 0 Å². The number of aromatic nitrogens is 1. The number of furan rings is 1. The van der Waals surface area contributed by atoms with Crippen LogP contribution in [0.1, 0.15) is 55.6 Å². The van der Waals surface area contributed by atoms with Gasteiger partial charge in [0, 0.05) is 11.6 Å². The molecule has 0 spiro atoms. The molecule has 1 saturated carbocycles. The molecule has 6 nitrogen and oxygen atoms in total. The quantitative estimate of drug-likeness (QED) is 0.579. The minimum atomic E-state index is -1.20. The topological polar surface area (TPSA) is 67.5 Å². The van der Waals surface area contributed by atoms with Crippen molar-refractivity contribution in [3.8, 4) is 11.5 Å². The maximum Gasteiger partial charge on any atom is 0.271 e. The molecular formula is C27H30FN3O3. The molecule has 3 aromatic rings. The number of fused-ring (bicyclic) bond motifs is 1. The molecule has 178 valence electrons. The fourth-order valence-corrected chi connectivity index (χ4v) is 5.20. The van der Waals surface area contributed by atoms with Crippen LogP contribution in [0.5, 0.6) is 0 Å². The predicted octanol–water partition coefficient (Wildman–Crippen LogP) is 5.00. The highest BCUT2D eigenvalue weighted by Gasteiger charge is 2.48. The van der Waals surface area contributed by atoms with Gasteiger partial charge in [-0.15, -0.1) is 0 Å². The zero-order chi connectivity index (χ0) is 23.9. The van der Waals surface area contributed by atoms with Crippen LogP contribution in [-0.2, 0) is 17.9 Å². The lowest BCUT2D eigenvalue weighted by molar-refractivity contribution is -0.134. The molecule has 3 heterocycles. The van der Waals surface area contributed by atoms with Crippen LogP contribution in [-0.4, -0.2) is 32.9 Å². The Labute approximate surface area is 198 Å². The first-order chi connectivity index (χ1) is 16.4. The highest BCUT2D eigenvalue weighted by atomic mass is 19.1. The summed E-state index contributed by atoms with van der Waals surface area (Å²) in [5.41, 5.74) is 0.382. The molecule has 1 N–H and O–H groups in total. The molecule has 2 aliphatic rings. The molecule has 0 radical (unpaired) electrons. The summed E-state index contributed by atoms with van der Waals surface area (Å²) >= 11 is 0. The summed E-state index contributed by atoms with van der Waals surface area (Å²) in [5, 5.41) is 3.21. The lowest BCUT2D eigenvalue weighted by Crippen LogP contribution is -2.64. The van der Waals surface area contributed by atoms with Crippen LogP contribution in [0.3, 0.4) is 0 Å². The zero-order valence-corrected chi connectivity index (χ0v) is 19.6. The fourth-order valence-electron chi connectivity index (χ4n) is 5.20. The smallest absolute Gasteiger partial charge is 0.271 e. The predicted molar refractivity (Wildman–Crippen MR) is 126 cm³/mol. The van der Waals surface area contributed by atoms with Crippen molar-refractivity contribution in [2.75, 3.05) is 0 Å². The van der Waals surface area contributed by atoms with E-state index < -0.39 is 11.4 Å². The Morgan fingerprint density at radius 1 is 1.09 bits per heavy atom. The molecule has 5 rings (SSSR count). The van der Waals surface area contributed by atoms with Crippen LogP contribution in [0.4, 0.5) is 4.39 Å². The number of amides is 2. The Morgan fingerprint density at radius 2 is 1.82 bits per heavy atom. The van der Waals surface area contributed by atoms with Crippen LogP contribution in [0.15, 0.2) is 59.2 Å². The Hall–Kier alpha value is -3.35. The Balaban J connectivity index is 1.52. The Kier molecular flexibility index (Phi) is 5.80. The van der Waals surface area contributed by atoms with Gasteiger partial charge < -0.3 is 19.2 Å². The van der Waals surface area contributed by atoms with Crippen LogP contribution >= 0.6 is 0 Å². The van der Waals surface area contributed by atoms with E-state index in [-0.39, 0.29) is 30.9 Å². The number of carbonyl (C=O) groups excluding carboxylic acids is 2. The van der Waals surface area contributed by atoms with Gasteiger partial charge in [-0.2, -0.15) is 0 Å². The van der Waals surface area contributed by atoms with E-state index in [9.17, 15) is 14.0 Å². The molecule has 1 aromatic carbocycles. The van der Waals surface area contributed by atoms with Gasteiger partial charge in [0.05, 0.1) is 25.0 Å². The van der Waals surface area contributed by atoms with Gasteiger partial charge in [0.2, 0.25) is 5.91 Å². The van der Waals surface area contributed by atoms with Gasteiger partial charge >= 0.3 is 0 Å². The molecule has 1 fully saturated rings. The second-order valence-corrected chi connectivity index (χ2v) is 9.85. The summed E-state index contributed by atoms with van der Waals surface area (Å²) in [6.07, 6.45) is 5.58. The number of halogens is 1. The highest BCUT2D eigenvalue weighted by Crippen LogP contribution is 2.35. The van der Waals surface area contributed by atoms with E-state index in [0.717, 1.165) is 31.4 Å². The maximum atomic E-state index is 14.6. The van der Waals surface area contributed by atoms with Crippen molar-refractivity contribution in [1.82, 2.24) is 14.8 Å². The number of rotatable bonds is 5. The average Bonchev–Trinajstić information content (AvgIpc) is 3.49. The Morgan fingerprint density at radius 3 is 2.53 bits per heavy atom. The third kappa shape index (κ3) is 3.93. The molecule has 2 amide bonds. The van der Waals surface area contributed by atoms with Crippen molar-refractivity contribution in [2.24, 2.45) is 5.92 Å². The van der Waals surface area contributed by atoms with E-state index >= 15 is 0 Å². The van der Waals surface area contributed by atoms with Crippen molar-refractivity contribution < 1.29 is 18.4 Å². The first-order valence-electron chi connectivity index (χ1n) is 12.0. The summed E-state index contributed by atoms with van der Waals surface area (Å²) in [6, 6.07) is 13.7. The second-order valence-electron chi connectivity index (χ2n) is 9.85. The minimum Gasteiger partial charge on any atom is -0.463 e. The van der Waals surface area contributed by atoms with E-state index in [1.807, 2.05) is 16.7 Å². The first kappa shape index (κ1) is 22.4. The first-order valence-corrected chi connectivity index (χ1v) is 12.0. The van der Waals surface area contributed by atoms with E-state index in [0.29, 0.717) is 22.9 Å². The summed E-state index contributed by atoms with van der Waals surface area (Å²) in [6.45, 7) is 4.28.